The number of carbonyl (C=O) groups excluding carboxylic acids is 2. The summed E-state index contributed by atoms with van der Waals surface area (Å²) in [7, 11) is 1.37. The number of nitrogens with one attached hydrogen (secondary N) is 1. The van der Waals surface area contributed by atoms with E-state index in [1.54, 1.807) is 0 Å². The third-order valence-electron chi connectivity index (χ3n) is 4.87. The number of benzene rings is 1. The normalized spacial score (nSPS) is 15.7. The molecular weight excluding hydrogens is 362 g/mol. The molecule has 1 atom stereocenters. The Labute approximate surface area is 163 Å². The number of rotatable bonds is 6. The molecule has 1 aliphatic carbocycles. The fourth-order valence-corrected chi connectivity index (χ4v) is 4.81. The molecule has 27 heavy (non-hydrogen) atoms. The van der Waals surface area contributed by atoms with E-state index in [-0.39, 0.29) is 12.5 Å². The number of fused-ring (bicyclic) bond motifs is 1. The predicted molar refractivity (Wildman–Crippen MR) is 107 cm³/mol. The number of ether oxygens (including phenoxy) is 2. The lowest BCUT2D eigenvalue weighted by Crippen LogP contribution is -2.21. The van der Waals surface area contributed by atoms with Crippen LogP contribution in [0, 0.1) is 5.92 Å². The number of amides is 1. The number of methoxy groups -OCH3 is 1. The minimum atomic E-state index is -0.394. The first-order valence-electron chi connectivity index (χ1n) is 9.26. The van der Waals surface area contributed by atoms with Gasteiger partial charge in [-0.3, -0.25) is 4.79 Å². The van der Waals surface area contributed by atoms with Crippen molar-refractivity contribution in [1.29, 1.82) is 0 Å². The molecule has 3 rings (SSSR count). The average molecular weight is 388 g/mol. The van der Waals surface area contributed by atoms with E-state index >= 15 is 0 Å². The second-order valence-corrected chi connectivity index (χ2v) is 7.95. The Hall–Kier alpha value is -2.34. The van der Waals surface area contributed by atoms with E-state index in [9.17, 15) is 9.59 Å². The summed E-state index contributed by atoms with van der Waals surface area (Å²) < 4.78 is 10.6. The van der Waals surface area contributed by atoms with Crippen molar-refractivity contribution in [1.82, 2.24) is 0 Å². The number of para-hydroxylation sites is 1. The second kappa shape index (κ2) is 8.57. The third-order valence-corrected chi connectivity index (χ3v) is 6.04. The number of thiophene rings is 1. The molecule has 1 aliphatic rings. The van der Waals surface area contributed by atoms with E-state index in [4.69, 9.17) is 9.47 Å². The van der Waals surface area contributed by atoms with Gasteiger partial charge in [0.1, 0.15) is 10.8 Å². The Kier molecular flexibility index (Phi) is 6.16. The number of aryl methyl sites for hydroxylation is 1. The highest BCUT2D eigenvalue weighted by Crippen LogP contribution is 2.40. The van der Waals surface area contributed by atoms with Crippen LogP contribution in [0.2, 0.25) is 0 Å². The second-order valence-electron chi connectivity index (χ2n) is 6.85. The van der Waals surface area contributed by atoms with Gasteiger partial charge in [-0.2, -0.15) is 0 Å². The maximum atomic E-state index is 12.4. The molecular formula is C21H25NO4S. The van der Waals surface area contributed by atoms with Gasteiger partial charge in [-0.05, 0) is 48.8 Å². The zero-order valence-corrected chi connectivity index (χ0v) is 16.8. The Bertz CT molecular complexity index is 843. The molecule has 0 spiro atoms. The van der Waals surface area contributed by atoms with Gasteiger partial charge in [0.05, 0.1) is 12.7 Å². The molecule has 1 heterocycles. The molecule has 1 amide bonds. The van der Waals surface area contributed by atoms with Gasteiger partial charge in [0.15, 0.2) is 6.61 Å². The highest BCUT2D eigenvalue weighted by molar-refractivity contribution is 7.17. The van der Waals surface area contributed by atoms with E-state index in [1.165, 1.54) is 23.3 Å². The van der Waals surface area contributed by atoms with Crippen LogP contribution in [0.15, 0.2) is 24.3 Å². The van der Waals surface area contributed by atoms with Crippen LogP contribution in [0.3, 0.4) is 0 Å². The van der Waals surface area contributed by atoms with Gasteiger partial charge in [0, 0.05) is 4.88 Å². The molecule has 1 aromatic heterocycles. The van der Waals surface area contributed by atoms with Crippen LogP contribution < -0.4 is 10.1 Å². The van der Waals surface area contributed by atoms with Gasteiger partial charge >= 0.3 is 5.97 Å². The molecule has 0 saturated heterocycles. The van der Waals surface area contributed by atoms with Gasteiger partial charge < -0.3 is 14.8 Å². The lowest BCUT2D eigenvalue weighted by Gasteiger charge is -2.18. The molecule has 0 radical (unpaired) electrons. The first kappa shape index (κ1) is 19.4. The highest BCUT2D eigenvalue weighted by Gasteiger charge is 2.28. The first-order valence-corrected chi connectivity index (χ1v) is 10.1. The van der Waals surface area contributed by atoms with Crippen molar-refractivity contribution >= 4 is 28.2 Å². The van der Waals surface area contributed by atoms with E-state index in [0.717, 1.165) is 36.8 Å². The maximum Gasteiger partial charge on any atom is 0.341 e. The molecule has 1 unspecified atom stereocenters. The van der Waals surface area contributed by atoms with E-state index in [1.807, 2.05) is 31.2 Å². The van der Waals surface area contributed by atoms with Gasteiger partial charge in [-0.15, -0.1) is 11.3 Å². The SMILES string of the molecule is CCc1ccccc1OCC(=O)Nc1sc2c(c1C(=O)OC)CCC(C)C2. The minimum Gasteiger partial charge on any atom is -0.483 e. The van der Waals surface area contributed by atoms with Crippen molar-refractivity contribution in [3.8, 4) is 5.75 Å². The van der Waals surface area contributed by atoms with Crippen LogP contribution in [0.1, 0.15) is 46.6 Å². The summed E-state index contributed by atoms with van der Waals surface area (Å²) in [5.74, 6) is 0.619. The van der Waals surface area contributed by atoms with Crippen molar-refractivity contribution < 1.29 is 19.1 Å². The summed E-state index contributed by atoms with van der Waals surface area (Å²) >= 11 is 1.48. The monoisotopic (exact) mass is 387 g/mol. The minimum absolute atomic E-state index is 0.101. The number of anilines is 1. The van der Waals surface area contributed by atoms with Crippen LogP contribution in [-0.4, -0.2) is 25.6 Å². The van der Waals surface area contributed by atoms with Gasteiger partial charge in [-0.1, -0.05) is 32.0 Å². The topological polar surface area (TPSA) is 64.6 Å². The molecule has 0 fully saturated rings. The molecule has 0 saturated carbocycles. The standard InChI is InChI=1S/C21H25NO4S/c1-4-14-7-5-6-8-16(14)26-12-18(23)22-20-19(21(24)25-3)15-10-9-13(2)11-17(15)27-20/h5-8,13H,4,9-12H2,1-3H3,(H,22,23). The van der Waals surface area contributed by atoms with Crippen molar-refractivity contribution in [2.75, 3.05) is 19.0 Å². The molecule has 1 N–H and O–H groups in total. The number of carbonyl (C=O) groups is 2. The zero-order valence-electron chi connectivity index (χ0n) is 16.0. The third kappa shape index (κ3) is 4.33. The summed E-state index contributed by atoms with van der Waals surface area (Å²) in [6.07, 6.45) is 3.64. The summed E-state index contributed by atoms with van der Waals surface area (Å²) in [6.45, 7) is 4.15. The fourth-order valence-electron chi connectivity index (χ4n) is 3.40. The Morgan fingerprint density at radius 1 is 1.30 bits per heavy atom. The molecule has 1 aromatic carbocycles. The number of hydrogen-bond acceptors (Lipinski definition) is 5. The lowest BCUT2D eigenvalue weighted by atomic mass is 9.88. The molecule has 2 aromatic rings. The summed E-state index contributed by atoms with van der Waals surface area (Å²) in [5.41, 5.74) is 2.59. The van der Waals surface area contributed by atoms with Gasteiger partial charge in [0.25, 0.3) is 5.91 Å². The van der Waals surface area contributed by atoms with E-state index in [2.05, 4.69) is 12.2 Å². The summed E-state index contributed by atoms with van der Waals surface area (Å²) in [6, 6.07) is 7.68. The molecule has 6 heteroatoms. The van der Waals surface area contributed by atoms with Gasteiger partial charge in [0.2, 0.25) is 0 Å². The fraction of sp³-hybridized carbons (Fsp3) is 0.429. The van der Waals surface area contributed by atoms with Crippen LogP contribution in [0.4, 0.5) is 5.00 Å². The van der Waals surface area contributed by atoms with Crippen molar-refractivity contribution in [2.24, 2.45) is 5.92 Å². The van der Waals surface area contributed by atoms with Crippen LogP contribution in [0.25, 0.3) is 0 Å². The highest BCUT2D eigenvalue weighted by atomic mass is 32.1. The smallest absolute Gasteiger partial charge is 0.341 e. The van der Waals surface area contributed by atoms with Crippen LogP contribution >= 0.6 is 11.3 Å². The van der Waals surface area contributed by atoms with Gasteiger partial charge in [-0.25, -0.2) is 4.79 Å². The Morgan fingerprint density at radius 3 is 2.81 bits per heavy atom. The van der Waals surface area contributed by atoms with Crippen molar-refractivity contribution in [2.45, 2.75) is 39.5 Å². The van der Waals surface area contributed by atoms with E-state index in [0.29, 0.717) is 22.2 Å². The predicted octanol–water partition coefficient (Wildman–Crippen LogP) is 4.24. The molecule has 0 bridgehead atoms. The summed E-state index contributed by atoms with van der Waals surface area (Å²) in [4.78, 5) is 25.9. The number of esters is 1. The lowest BCUT2D eigenvalue weighted by molar-refractivity contribution is -0.118. The van der Waals surface area contributed by atoms with Crippen LogP contribution in [-0.2, 0) is 28.8 Å². The molecule has 144 valence electrons. The van der Waals surface area contributed by atoms with Crippen molar-refractivity contribution in [3.05, 3.63) is 45.8 Å². The quantitative estimate of drug-likeness (QED) is 0.753. The molecule has 0 aliphatic heterocycles. The zero-order chi connectivity index (χ0) is 19.4. The average Bonchev–Trinajstić information content (AvgIpc) is 3.02. The Morgan fingerprint density at radius 2 is 2.07 bits per heavy atom. The number of hydrogen-bond donors (Lipinski definition) is 1. The van der Waals surface area contributed by atoms with Crippen LogP contribution in [0.5, 0.6) is 5.75 Å². The first-order chi connectivity index (χ1) is 13.0. The summed E-state index contributed by atoms with van der Waals surface area (Å²) in [5, 5.41) is 3.43. The maximum absolute atomic E-state index is 12.4. The largest absolute Gasteiger partial charge is 0.483 e. The molecule has 5 nitrogen and oxygen atoms in total. The van der Waals surface area contributed by atoms with Crippen molar-refractivity contribution in [3.63, 3.8) is 0 Å². The Balaban J connectivity index is 1.74. The van der Waals surface area contributed by atoms with E-state index < -0.39 is 5.97 Å².